The van der Waals surface area contributed by atoms with E-state index in [4.69, 9.17) is 9.84 Å². The van der Waals surface area contributed by atoms with Crippen molar-refractivity contribution in [1.29, 1.82) is 0 Å². The van der Waals surface area contributed by atoms with Crippen LogP contribution >= 0.6 is 0 Å². The molecule has 0 spiro atoms. The van der Waals surface area contributed by atoms with E-state index >= 15 is 0 Å². The molecule has 0 amide bonds. The van der Waals surface area contributed by atoms with Gasteiger partial charge in [-0.15, -0.1) is 0 Å². The predicted molar refractivity (Wildman–Crippen MR) is 40.4 cm³/mol. The van der Waals surface area contributed by atoms with Crippen LogP contribution in [0.25, 0.3) is 0 Å². The molecule has 1 aromatic heterocycles. The molecule has 0 aliphatic rings. The summed E-state index contributed by atoms with van der Waals surface area (Å²) in [5.74, 6) is 0.735. The summed E-state index contributed by atoms with van der Waals surface area (Å²) in [6.45, 7) is 0.702. The Morgan fingerprint density at radius 2 is 2.55 bits per heavy atom. The predicted octanol–water partition coefficient (Wildman–Crippen LogP) is 0.181. The van der Waals surface area contributed by atoms with Crippen LogP contribution in [-0.4, -0.2) is 28.1 Å². The summed E-state index contributed by atoms with van der Waals surface area (Å²) >= 11 is 0. The highest BCUT2D eigenvalue weighted by molar-refractivity contribution is 5.06. The summed E-state index contributed by atoms with van der Waals surface area (Å²) in [6.07, 6.45) is 2.33. The molecule has 0 aliphatic carbocycles. The first-order valence-electron chi connectivity index (χ1n) is 3.56. The van der Waals surface area contributed by atoms with Gasteiger partial charge in [0.1, 0.15) is 0 Å². The van der Waals surface area contributed by atoms with Crippen molar-refractivity contribution in [1.82, 2.24) is 9.78 Å². The molecule has 1 aromatic rings. The molecule has 0 atom stereocenters. The lowest BCUT2D eigenvalue weighted by Gasteiger charge is -2.03. The zero-order chi connectivity index (χ0) is 8.10. The van der Waals surface area contributed by atoms with Crippen LogP contribution in [0.4, 0.5) is 0 Å². The fourth-order valence-electron chi connectivity index (χ4n) is 0.745. The van der Waals surface area contributed by atoms with Crippen molar-refractivity contribution < 1.29 is 9.84 Å². The minimum absolute atomic E-state index is 0.165. The molecule has 1 heterocycles. The van der Waals surface area contributed by atoms with Crippen molar-refractivity contribution in [3.8, 4) is 5.88 Å². The van der Waals surface area contributed by atoms with Crippen molar-refractivity contribution in [2.75, 3.05) is 13.2 Å². The van der Waals surface area contributed by atoms with Gasteiger partial charge in [0.25, 0.3) is 0 Å². The van der Waals surface area contributed by atoms with Gasteiger partial charge in [-0.05, 0) is 0 Å². The molecule has 0 aliphatic heterocycles. The van der Waals surface area contributed by atoms with Gasteiger partial charge in [-0.3, -0.25) is 0 Å². The average molecular weight is 156 g/mol. The number of nitrogens with zero attached hydrogens (tertiary/aromatic N) is 2. The molecule has 0 unspecified atom stereocenters. The molecular weight excluding hydrogens is 144 g/mol. The molecule has 0 saturated carbocycles. The Balaban J connectivity index is 2.32. The Bertz CT molecular complexity index is 210. The highest BCUT2D eigenvalue weighted by Crippen LogP contribution is 2.06. The first kappa shape index (κ1) is 8.07. The van der Waals surface area contributed by atoms with Gasteiger partial charge in [0, 0.05) is 26.1 Å². The minimum Gasteiger partial charge on any atom is -0.478 e. The third kappa shape index (κ3) is 2.23. The molecule has 62 valence electrons. The second-order valence-corrected chi connectivity index (χ2v) is 2.22. The second-order valence-electron chi connectivity index (χ2n) is 2.22. The smallest absolute Gasteiger partial charge is 0.211 e. The maximum absolute atomic E-state index is 8.46. The van der Waals surface area contributed by atoms with Crippen LogP contribution in [0.5, 0.6) is 5.88 Å². The second kappa shape index (κ2) is 3.98. The summed E-state index contributed by atoms with van der Waals surface area (Å²) in [6, 6.07) is 1.79. The number of aliphatic hydroxyl groups is 1. The number of hydrogen-bond donors (Lipinski definition) is 1. The normalized spacial score (nSPS) is 10.0. The Morgan fingerprint density at radius 1 is 1.73 bits per heavy atom. The summed E-state index contributed by atoms with van der Waals surface area (Å²) < 4.78 is 6.91. The zero-order valence-electron chi connectivity index (χ0n) is 6.53. The van der Waals surface area contributed by atoms with Gasteiger partial charge in [-0.2, -0.15) is 5.10 Å². The molecule has 1 N–H and O–H groups in total. The number of aryl methyl sites for hydroxylation is 1. The minimum atomic E-state index is 0.165. The van der Waals surface area contributed by atoms with E-state index < -0.39 is 0 Å². The molecule has 0 saturated heterocycles. The number of rotatable bonds is 4. The first-order chi connectivity index (χ1) is 5.34. The van der Waals surface area contributed by atoms with Crippen molar-refractivity contribution in [3.05, 3.63) is 12.3 Å². The SMILES string of the molecule is Cn1nccc1OCCCO. The Hall–Kier alpha value is -1.03. The van der Waals surface area contributed by atoms with Crippen molar-refractivity contribution in [2.45, 2.75) is 6.42 Å². The van der Waals surface area contributed by atoms with E-state index in [0.717, 1.165) is 5.88 Å². The lowest BCUT2D eigenvalue weighted by atomic mass is 10.5. The van der Waals surface area contributed by atoms with Crippen molar-refractivity contribution in [2.24, 2.45) is 7.05 Å². The average Bonchev–Trinajstić information content (AvgIpc) is 2.37. The topological polar surface area (TPSA) is 47.3 Å². The van der Waals surface area contributed by atoms with Crippen molar-refractivity contribution >= 4 is 0 Å². The van der Waals surface area contributed by atoms with E-state index in [-0.39, 0.29) is 6.61 Å². The van der Waals surface area contributed by atoms with E-state index in [2.05, 4.69) is 5.10 Å². The molecule has 4 nitrogen and oxygen atoms in total. The van der Waals surface area contributed by atoms with Gasteiger partial charge in [0.15, 0.2) is 0 Å². The Labute approximate surface area is 65.4 Å². The highest BCUT2D eigenvalue weighted by Gasteiger charge is 1.96. The number of aliphatic hydroxyl groups excluding tert-OH is 1. The van der Waals surface area contributed by atoms with Gasteiger partial charge in [0.05, 0.1) is 12.8 Å². The van der Waals surface area contributed by atoms with Crippen molar-refractivity contribution in [3.63, 3.8) is 0 Å². The van der Waals surface area contributed by atoms with E-state index in [1.807, 2.05) is 7.05 Å². The molecule has 0 fully saturated rings. The molecule has 0 radical (unpaired) electrons. The fourth-order valence-corrected chi connectivity index (χ4v) is 0.745. The molecule has 1 rings (SSSR count). The zero-order valence-corrected chi connectivity index (χ0v) is 6.53. The lowest BCUT2D eigenvalue weighted by Crippen LogP contribution is -2.03. The van der Waals surface area contributed by atoms with Crippen LogP contribution in [0.1, 0.15) is 6.42 Å². The van der Waals surface area contributed by atoms with E-state index in [1.165, 1.54) is 0 Å². The third-order valence-corrected chi connectivity index (χ3v) is 1.33. The third-order valence-electron chi connectivity index (χ3n) is 1.33. The summed E-state index contributed by atoms with van der Waals surface area (Å²) in [4.78, 5) is 0. The summed E-state index contributed by atoms with van der Waals surface area (Å²) in [5, 5.41) is 12.4. The standard InChI is InChI=1S/C7H12N2O2/c1-9-7(3-4-8-9)11-6-2-5-10/h3-4,10H,2,5-6H2,1H3. The van der Waals surface area contributed by atoms with Crippen LogP contribution in [-0.2, 0) is 7.05 Å². The van der Waals surface area contributed by atoms with Crippen LogP contribution < -0.4 is 4.74 Å². The van der Waals surface area contributed by atoms with Crippen LogP contribution in [0, 0.1) is 0 Å². The molecule has 0 aromatic carbocycles. The summed E-state index contributed by atoms with van der Waals surface area (Å²) in [7, 11) is 1.81. The van der Waals surface area contributed by atoms with Crippen LogP contribution in [0.2, 0.25) is 0 Å². The van der Waals surface area contributed by atoms with Crippen LogP contribution in [0.3, 0.4) is 0 Å². The number of aromatic nitrogens is 2. The number of hydrogen-bond acceptors (Lipinski definition) is 3. The van der Waals surface area contributed by atoms with E-state index in [1.54, 1.807) is 16.9 Å². The van der Waals surface area contributed by atoms with Crippen LogP contribution in [0.15, 0.2) is 12.3 Å². The fraction of sp³-hybridized carbons (Fsp3) is 0.571. The number of ether oxygens (including phenoxy) is 1. The highest BCUT2D eigenvalue weighted by atomic mass is 16.5. The van der Waals surface area contributed by atoms with E-state index in [0.29, 0.717) is 13.0 Å². The molecular formula is C7H12N2O2. The molecule has 4 heteroatoms. The Kier molecular flexibility index (Phi) is 2.92. The van der Waals surface area contributed by atoms with Gasteiger partial charge in [-0.1, -0.05) is 0 Å². The monoisotopic (exact) mass is 156 g/mol. The van der Waals surface area contributed by atoms with Gasteiger partial charge >= 0.3 is 0 Å². The Morgan fingerprint density at radius 3 is 3.09 bits per heavy atom. The summed E-state index contributed by atoms with van der Waals surface area (Å²) in [5.41, 5.74) is 0. The largest absolute Gasteiger partial charge is 0.478 e. The molecule has 11 heavy (non-hydrogen) atoms. The first-order valence-corrected chi connectivity index (χ1v) is 3.56. The van der Waals surface area contributed by atoms with E-state index in [9.17, 15) is 0 Å². The molecule has 0 bridgehead atoms. The maximum atomic E-state index is 8.46. The quantitative estimate of drug-likeness (QED) is 0.632. The van der Waals surface area contributed by atoms with Gasteiger partial charge in [0.2, 0.25) is 5.88 Å². The van der Waals surface area contributed by atoms with Gasteiger partial charge < -0.3 is 9.84 Å². The lowest BCUT2D eigenvalue weighted by molar-refractivity contribution is 0.224. The van der Waals surface area contributed by atoms with Gasteiger partial charge in [-0.25, -0.2) is 4.68 Å². The maximum Gasteiger partial charge on any atom is 0.211 e.